The largest absolute Gasteiger partial charge is 0.497 e. The first-order valence-corrected chi connectivity index (χ1v) is 5.79. The van der Waals surface area contributed by atoms with Gasteiger partial charge in [0.15, 0.2) is 0 Å². The molecule has 0 saturated heterocycles. The molecule has 0 heterocycles. The molecule has 0 bridgehead atoms. The smallest absolute Gasteiger partial charge is 0.250 e. The van der Waals surface area contributed by atoms with Crippen molar-refractivity contribution in [3.8, 4) is 11.5 Å². The Bertz CT molecular complexity index is 386. The van der Waals surface area contributed by atoms with E-state index in [2.05, 4.69) is 5.32 Å². The number of hydrogen-bond donors (Lipinski definition) is 1. The fourth-order valence-corrected chi connectivity index (χ4v) is 1.38. The molecular formula is C13H19NO5. The number of anilines is 1. The number of carbonyl (C=O) groups excluding carboxylic acids is 1. The van der Waals surface area contributed by atoms with Gasteiger partial charge >= 0.3 is 0 Å². The molecule has 0 unspecified atom stereocenters. The third-order valence-corrected chi connectivity index (χ3v) is 2.30. The van der Waals surface area contributed by atoms with E-state index < -0.39 is 0 Å². The van der Waals surface area contributed by atoms with Crippen LogP contribution in [0.15, 0.2) is 18.2 Å². The van der Waals surface area contributed by atoms with Crippen molar-refractivity contribution in [1.29, 1.82) is 0 Å². The molecule has 0 aliphatic carbocycles. The summed E-state index contributed by atoms with van der Waals surface area (Å²) in [4.78, 5) is 11.6. The van der Waals surface area contributed by atoms with E-state index in [0.717, 1.165) is 0 Å². The van der Waals surface area contributed by atoms with Crippen LogP contribution in [0.1, 0.15) is 0 Å². The van der Waals surface area contributed by atoms with Crippen molar-refractivity contribution in [2.45, 2.75) is 0 Å². The van der Waals surface area contributed by atoms with Gasteiger partial charge in [-0.3, -0.25) is 4.79 Å². The Morgan fingerprint density at radius 1 is 1.05 bits per heavy atom. The number of methoxy groups -OCH3 is 3. The number of benzene rings is 1. The molecule has 1 aromatic rings. The van der Waals surface area contributed by atoms with E-state index in [4.69, 9.17) is 18.9 Å². The minimum absolute atomic E-state index is 0.0249. The summed E-state index contributed by atoms with van der Waals surface area (Å²) >= 11 is 0. The Morgan fingerprint density at radius 3 is 2.21 bits per heavy atom. The maximum Gasteiger partial charge on any atom is 0.250 e. The van der Waals surface area contributed by atoms with E-state index in [-0.39, 0.29) is 12.5 Å². The molecule has 6 nitrogen and oxygen atoms in total. The van der Waals surface area contributed by atoms with Crippen LogP contribution in [0.3, 0.4) is 0 Å². The SMILES string of the molecule is COCCOCC(=O)Nc1cc(OC)cc(OC)c1. The molecule has 0 saturated carbocycles. The molecule has 1 N–H and O–H groups in total. The highest BCUT2D eigenvalue weighted by atomic mass is 16.5. The van der Waals surface area contributed by atoms with Gasteiger partial charge in [-0.25, -0.2) is 0 Å². The molecule has 106 valence electrons. The molecule has 6 heteroatoms. The van der Waals surface area contributed by atoms with Crippen molar-refractivity contribution in [1.82, 2.24) is 0 Å². The maximum absolute atomic E-state index is 11.6. The number of carbonyl (C=O) groups is 1. The Morgan fingerprint density at radius 2 is 1.68 bits per heavy atom. The average molecular weight is 269 g/mol. The van der Waals surface area contributed by atoms with Crippen LogP contribution in [0.5, 0.6) is 11.5 Å². The highest BCUT2D eigenvalue weighted by Gasteiger charge is 2.06. The normalized spacial score (nSPS) is 10.1. The first-order chi connectivity index (χ1) is 9.19. The lowest BCUT2D eigenvalue weighted by molar-refractivity contribution is -0.121. The molecule has 1 aromatic carbocycles. The zero-order valence-corrected chi connectivity index (χ0v) is 11.4. The first kappa shape index (κ1) is 15.3. The van der Waals surface area contributed by atoms with Crippen LogP contribution < -0.4 is 14.8 Å². The maximum atomic E-state index is 11.6. The molecule has 1 amide bonds. The lowest BCUT2D eigenvalue weighted by atomic mass is 10.2. The van der Waals surface area contributed by atoms with Crippen molar-refractivity contribution < 1.29 is 23.7 Å². The van der Waals surface area contributed by atoms with E-state index in [0.29, 0.717) is 30.4 Å². The van der Waals surface area contributed by atoms with E-state index in [1.165, 1.54) is 0 Å². The van der Waals surface area contributed by atoms with Gasteiger partial charge in [-0.05, 0) is 0 Å². The van der Waals surface area contributed by atoms with Crippen molar-refractivity contribution >= 4 is 11.6 Å². The number of rotatable bonds is 8. The molecule has 0 aromatic heterocycles. The predicted octanol–water partition coefficient (Wildman–Crippen LogP) is 1.31. The van der Waals surface area contributed by atoms with Gasteiger partial charge in [-0.15, -0.1) is 0 Å². The second-order valence-corrected chi connectivity index (χ2v) is 3.69. The van der Waals surface area contributed by atoms with Crippen molar-refractivity contribution in [3.05, 3.63) is 18.2 Å². The number of nitrogens with one attached hydrogen (secondary N) is 1. The van der Waals surface area contributed by atoms with E-state index >= 15 is 0 Å². The topological polar surface area (TPSA) is 66.0 Å². The summed E-state index contributed by atoms with van der Waals surface area (Å²) in [5.41, 5.74) is 0.594. The fraction of sp³-hybridized carbons (Fsp3) is 0.462. The average Bonchev–Trinajstić information content (AvgIpc) is 2.43. The van der Waals surface area contributed by atoms with Gasteiger partial charge in [0.1, 0.15) is 18.1 Å². The summed E-state index contributed by atoms with van der Waals surface area (Å²) in [6.45, 7) is 0.814. The highest BCUT2D eigenvalue weighted by molar-refractivity contribution is 5.92. The molecule has 0 radical (unpaired) electrons. The summed E-state index contributed by atoms with van der Waals surface area (Å²) in [7, 11) is 4.68. The molecule has 1 rings (SSSR count). The Hall–Kier alpha value is -1.79. The first-order valence-electron chi connectivity index (χ1n) is 5.79. The number of ether oxygens (including phenoxy) is 4. The molecular weight excluding hydrogens is 250 g/mol. The zero-order valence-electron chi connectivity index (χ0n) is 11.4. The lowest BCUT2D eigenvalue weighted by Gasteiger charge is -2.10. The molecule has 0 spiro atoms. The van der Waals surface area contributed by atoms with Crippen molar-refractivity contribution in [2.24, 2.45) is 0 Å². The summed E-state index contributed by atoms with van der Waals surface area (Å²) in [5, 5.41) is 2.70. The van der Waals surface area contributed by atoms with E-state index in [9.17, 15) is 4.79 Å². The summed E-state index contributed by atoms with van der Waals surface area (Å²) in [6.07, 6.45) is 0. The minimum atomic E-state index is -0.244. The van der Waals surface area contributed by atoms with Gasteiger partial charge < -0.3 is 24.3 Å². The van der Waals surface area contributed by atoms with E-state index in [1.54, 1.807) is 39.5 Å². The lowest BCUT2D eigenvalue weighted by Crippen LogP contribution is -2.19. The molecule has 0 fully saturated rings. The van der Waals surface area contributed by atoms with Crippen molar-refractivity contribution in [2.75, 3.05) is 46.5 Å². The van der Waals surface area contributed by atoms with Gasteiger partial charge in [0.25, 0.3) is 0 Å². The summed E-state index contributed by atoms with van der Waals surface area (Å²) in [6, 6.07) is 5.13. The molecule has 0 atom stereocenters. The van der Waals surface area contributed by atoms with Crippen LogP contribution in [-0.2, 0) is 14.3 Å². The highest BCUT2D eigenvalue weighted by Crippen LogP contribution is 2.25. The standard InChI is InChI=1S/C13H19NO5/c1-16-4-5-19-9-13(15)14-10-6-11(17-2)8-12(7-10)18-3/h6-8H,4-5,9H2,1-3H3,(H,14,15). The Kier molecular flexibility index (Phi) is 6.70. The third-order valence-electron chi connectivity index (χ3n) is 2.30. The second kappa shape index (κ2) is 8.34. The van der Waals surface area contributed by atoms with Gasteiger partial charge in [0, 0.05) is 31.0 Å². The second-order valence-electron chi connectivity index (χ2n) is 3.69. The summed E-state index contributed by atoms with van der Waals surface area (Å²) in [5.74, 6) is 0.969. The zero-order chi connectivity index (χ0) is 14.1. The van der Waals surface area contributed by atoms with Gasteiger partial charge in [-0.2, -0.15) is 0 Å². The van der Waals surface area contributed by atoms with Gasteiger partial charge in [-0.1, -0.05) is 0 Å². The van der Waals surface area contributed by atoms with Crippen LogP contribution >= 0.6 is 0 Å². The van der Waals surface area contributed by atoms with Crippen LogP contribution in [0, 0.1) is 0 Å². The Balaban J connectivity index is 2.53. The van der Waals surface area contributed by atoms with Crippen LogP contribution in [0.2, 0.25) is 0 Å². The number of amides is 1. The number of hydrogen-bond acceptors (Lipinski definition) is 5. The van der Waals surface area contributed by atoms with Gasteiger partial charge in [0.2, 0.25) is 5.91 Å². The monoisotopic (exact) mass is 269 g/mol. The van der Waals surface area contributed by atoms with Crippen LogP contribution in [-0.4, -0.2) is 47.1 Å². The van der Waals surface area contributed by atoms with Crippen molar-refractivity contribution in [3.63, 3.8) is 0 Å². The minimum Gasteiger partial charge on any atom is -0.497 e. The molecule has 0 aliphatic heterocycles. The quantitative estimate of drug-likeness (QED) is 0.721. The third kappa shape index (κ3) is 5.58. The van der Waals surface area contributed by atoms with Gasteiger partial charge in [0.05, 0.1) is 27.4 Å². The van der Waals surface area contributed by atoms with Crippen LogP contribution in [0.25, 0.3) is 0 Å². The predicted molar refractivity (Wildman–Crippen MR) is 70.9 cm³/mol. The van der Waals surface area contributed by atoms with Crippen LogP contribution in [0.4, 0.5) is 5.69 Å². The molecule has 19 heavy (non-hydrogen) atoms. The summed E-state index contributed by atoms with van der Waals surface area (Å²) < 4.78 is 20.2. The Labute approximate surface area is 112 Å². The van der Waals surface area contributed by atoms with E-state index in [1.807, 2.05) is 0 Å². The molecule has 0 aliphatic rings. The fourth-order valence-electron chi connectivity index (χ4n) is 1.38.